The molecule has 0 atom stereocenters. The summed E-state index contributed by atoms with van der Waals surface area (Å²) >= 11 is 7.12. The minimum atomic E-state index is 1.04. The molecule has 0 radical (unpaired) electrons. The van der Waals surface area contributed by atoms with Crippen molar-refractivity contribution >= 4 is 42.8 Å². The number of hydrogen-bond donors (Lipinski definition) is 0. The molecule has 0 fully saturated rings. The fraction of sp³-hybridized carbons (Fsp3) is 0.133. The first kappa shape index (κ1) is 12.9. The summed E-state index contributed by atoms with van der Waals surface area (Å²) in [4.78, 5) is 0. The van der Waals surface area contributed by atoms with Crippen molar-refractivity contribution in [3.63, 3.8) is 0 Å². The number of aromatic nitrogens is 2. The molecule has 3 aromatic rings. The third-order valence-electron chi connectivity index (χ3n) is 3.35. The summed E-state index contributed by atoms with van der Waals surface area (Å²) in [6, 6.07) is 10.3. The molecular formula is C15H12Br2N2. The molecule has 4 heteroatoms. The van der Waals surface area contributed by atoms with Crippen LogP contribution in [0.4, 0.5) is 0 Å². The highest BCUT2D eigenvalue weighted by Gasteiger charge is 2.09. The molecule has 96 valence electrons. The first-order valence-electron chi connectivity index (χ1n) is 5.98. The molecule has 1 heterocycles. The molecule has 0 N–H and O–H groups in total. The van der Waals surface area contributed by atoms with Crippen molar-refractivity contribution in [1.82, 2.24) is 9.78 Å². The fourth-order valence-corrected chi connectivity index (χ4v) is 2.85. The van der Waals surface area contributed by atoms with Gasteiger partial charge in [-0.3, -0.25) is 0 Å². The van der Waals surface area contributed by atoms with E-state index in [1.165, 1.54) is 11.1 Å². The number of fused-ring (bicyclic) bond motifs is 1. The molecule has 2 nitrogen and oxygen atoms in total. The largest absolute Gasteiger partial charge is 0.239 e. The summed E-state index contributed by atoms with van der Waals surface area (Å²) in [5, 5.41) is 5.86. The Hall–Kier alpha value is -1.13. The SMILES string of the molecule is Cc1c(Br)cccc1-n1cc2ccc(Br)c(C)c2n1. The Morgan fingerprint density at radius 2 is 1.68 bits per heavy atom. The van der Waals surface area contributed by atoms with Crippen molar-refractivity contribution in [1.29, 1.82) is 0 Å². The van der Waals surface area contributed by atoms with E-state index in [0.717, 1.165) is 25.5 Å². The molecule has 0 amide bonds. The number of hydrogen-bond acceptors (Lipinski definition) is 1. The molecule has 0 aliphatic rings. The fourth-order valence-electron chi connectivity index (χ4n) is 2.17. The molecule has 0 unspecified atom stereocenters. The maximum absolute atomic E-state index is 4.71. The van der Waals surface area contributed by atoms with E-state index in [2.05, 4.69) is 70.1 Å². The summed E-state index contributed by atoms with van der Waals surface area (Å²) in [5.41, 5.74) is 4.49. The van der Waals surface area contributed by atoms with Crippen LogP contribution in [0.5, 0.6) is 0 Å². The molecule has 0 saturated carbocycles. The highest BCUT2D eigenvalue weighted by atomic mass is 79.9. The summed E-state index contributed by atoms with van der Waals surface area (Å²) in [6.07, 6.45) is 2.07. The standard InChI is InChI=1S/C15H12Br2N2/c1-9-12(16)4-3-5-14(9)19-8-11-6-7-13(17)10(2)15(11)18-19/h3-8H,1-2H3. The molecule has 0 aliphatic carbocycles. The smallest absolute Gasteiger partial charge is 0.0968 e. The Labute approximate surface area is 128 Å². The lowest BCUT2D eigenvalue weighted by atomic mass is 10.2. The Morgan fingerprint density at radius 1 is 0.947 bits per heavy atom. The van der Waals surface area contributed by atoms with Gasteiger partial charge < -0.3 is 0 Å². The van der Waals surface area contributed by atoms with Crippen molar-refractivity contribution in [2.24, 2.45) is 0 Å². The van der Waals surface area contributed by atoms with Gasteiger partial charge in [0.2, 0.25) is 0 Å². The van der Waals surface area contributed by atoms with Crippen molar-refractivity contribution in [2.75, 3.05) is 0 Å². The van der Waals surface area contributed by atoms with Gasteiger partial charge in [-0.1, -0.05) is 44.0 Å². The van der Waals surface area contributed by atoms with E-state index in [-0.39, 0.29) is 0 Å². The highest BCUT2D eigenvalue weighted by molar-refractivity contribution is 9.10. The second-order valence-corrected chi connectivity index (χ2v) is 6.28. The van der Waals surface area contributed by atoms with Crippen LogP contribution < -0.4 is 0 Å². The Morgan fingerprint density at radius 3 is 2.47 bits per heavy atom. The maximum Gasteiger partial charge on any atom is 0.0968 e. The zero-order valence-electron chi connectivity index (χ0n) is 10.6. The summed E-state index contributed by atoms with van der Waals surface area (Å²) in [5.74, 6) is 0. The van der Waals surface area contributed by atoms with Crippen LogP contribution >= 0.6 is 31.9 Å². The van der Waals surface area contributed by atoms with Gasteiger partial charge in [-0.2, -0.15) is 5.10 Å². The topological polar surface area (TPSA) is 17.8 Å². The van der Waals surface area contributed by atoms with Crippen LogP contribution in [0, 0.1) is 13.8 Å². The maximum atomic E-state index is 4.71. The number of halogens is 2. The van der Waals surface area contributed by atoms with Crippen molar-refractivity contribution in [3.05, 3.63) is 56.6 Å². The van der Waals surface area contributed by atoms with E-state index < -0.39 is 0 Å². The zero-order chi connectivity index (χ0) is 13.6. The summed E-state index contributed by atoms with van der Waals surface area (Å²) in [7, 11) is 0. The van der Waals surface area contributed by atoms with Crippen molar-refractivity contribution < 1.29 is 0 Å². The van der Waals surface area contributed by atoms with Crippen LogP contribution in [0.1, 0.15) is 11.1 Å². The van der Waals surface area contributed by atoms with Crippen LogP contribution in [0.25, 0.3) is 16.6 Å². The predicted octanol–water partition coefficient (Wildman–Crippen LogP) is 5.17. The molecule has 0 aliphatic heterocycles. The highest BCUT2D eigenvalue weighted by Crippen LogP contribution is 2.27. The summed E-state index contributed by atoms with van der Waals surface area (Å²) in [6.45, 7) is 4.17. The van der Waals surface area contributed by atoms with E-state index in [0.29, 0.717) is 0 Å². The average Bonchev–Trinajstić information content (AvgIpc) is 2.82. The second-order valence-electron chi connectivity index (χ2n) is 4.57. The third-order valence-corrected chi connectivity index (χ3v) is 5.07. The number of benzene rings is 2. The Balaban J connectivity index is 2.27. The van der Waals surface area contributed by atoms with Gasteiger partial charge in [0.1, 0.15) is 0 Å². The Kier molecular flexibility index (Phi) is 3.23. The first-order valence-corrected chi connectivity index (χ1v) is 7.56. The number of rotatable bonds is 1. The summed E-state index contributed by atoms with van der Waals surface area (Å²) < 4.78 is 4.14. The van der Waals surface area contributed by atoms with Gasteiger partial charge in [0.05, 0.1) is 11.2 Å². The van der Waals surface area contributed by atoms with Crippen molar-refractivity contribution in [2.45, 2.75) is 13.8 Å². The van der Waals surface area contributed by atoms with Crippen molar-refractivity contribution in [3.8, 4) is 5.69 Å². The van der Waals surface area contributed by atoms with Crippen LogP contribution in [-0.2, 0) is 0 Å². The van der Waals surface area contributed by atoms with E-state index in [1.54, 1.807) is 0 Å². The van der Waals surface area contributed by atoms with Crippen LogP contribution in [0.3, 0.4) is 0 Å². The van der Waals surface area contributed by atoms with Gasteiger partial charge in [0.15, 0.2) is 0 Å². The molecule has 0 spiro atoms. The number of nitrogens with zero attached hydrogens (tertiary/aromatic N) is 2. The average molecular weight is 380 g/mol. The lowest BCUT2D eigenvalue weighted by Crippen LogP contribution is -1.97. The van der Waals surface area contributed by atoms with Gasteiger partial charge in [-0.25, -0.2) is 4.68 Å². The molecule has 19 heavy (non-hydrogen) atoms. The minimum absolute atomic E-state index is 1.04. The normalized spacial score (nSPS) is 11.2. The zero-order valence-corrected chi connectivity index (χ0v) is 13.8. The molecule has 2 aromatic carbocycles. The quantitative estimate of drug-likeness (QED) is 0.570. The van der Waals surface area contributed by atoms with Gasteiger partial charge in [0, 0.05) is 20.5 Å². The molecular weight excluding hydrogens is 368 g/mol. The Bertz CT molecular complexity index is 775. The second kappa shape index (κ2) is 4.76. The van der Waals surface area contributed by atoms with Gasteiger partial charge in [-0.15, -0.1) is 0 Å². The lowest BCUT2D eigenvalue weighted by molar-refractivity contribution is 0.885. The first-order chi connectivity index (χ1) is 9.08. The molecule has 0 saturated heterocycles. The molecule has 1 aromatic heterocycles. The minimum Gasteiger partial charge on any atom is -0.239 e. The van der Waals surface area contributed by atoms with E-state index in [1.807, 2.05) is 16.8 Å². The van der Waals surface area contributed by atoms with Gasteiger partial charge in [0.25, 0.3) is 0 Å². The van der Waals surface area contributed by atoms with E-state index in [4.69, 9.17) is 5.10 Å². The lowest BCUT2D eigenvalue weighted by Gasteiger charge is -2.06. The molecule has 3 rings (SSSR count). The number of aryl methyl sites for hydroxylation is 1. The third kappa shape index (κ3) is 2.13. The monoisotopic (exact) mass is 378 g/mol. The van der Waals surface area contributed by atoms with Crippen LogP contribution in [0.2, 0.25) is 0 Å². The van der Waals surface area contributed by atoms with Gasteiger partial charge >= 0.3 is 0 Å². The predicted molar refractivity (Wildman–Crippen MR) is 85.9 cm³/mol. The van der Waals surface area contributed by atoms with Crippen LogP contribution in [-0.4, -0.2) is 9.78 Å². The van der Waals surface area contributed by atoms with Gasteiger partial charge in [-0.05, 0) is 43.2 Å². The van der Waals surface area contributed by atoms with Crippen LogP contribution in [0.15, 0.2) is 45.5 Å². The van der Waals surface area contributed by atoms with E-state index in [9.17, 15) is 0 Å². The van der Waals surface area contributed by atoms with E-state index >= 15 is 0 Å². The molecule has 0 bridgehead atoms.